The lowest BCUT2D eigenvalue weighted by Crippen LogP contribution is -2.14. The third kappa shape index (κ3) is 11.4. The molecule has 4 aromatic carbocycles. The molecule has 0 bridgehead atoms. The molecule has 238 valence electrons. The van der Waals surface area contributed by atoms with Crippen molar-refractivity contribution < 1.29 is 19.2 Å². The molecule has 0 atom stereocenters. The summed E-state index contributed by atoms with van der Waals surface area (Å²) in [7, 11) is 0. The predicted molar refractivity (Wildman–Crippen MR) is 185 cm³/mol. The summed E-state index contributed by atoms with van der Waals surface area (Å²) >= 11 is 0. The molecule has 0 saturated carbocycles. The zero-order chi connectivity index (χ0) is 32.7. The third-order valence-corrected chi connectivity index (χ3v) is 7.43. The van der Waals surface area contributed by atoms with Crippen LogP contribution in [0.2, 0.25) is 0 Å². The summed E-state index contributed by atoms with van der Waals surface area (Å²) in [4.78, 5) is 50.2. The Morgan fingerprint density at radius 2 is 0.783 bits per heavy atom. The van der Waals surface area contributed by atoms with Crippen molar-refractivity contribution in [3.63, 3.8) is 0 Å². The third-order valence-electron chi connectivity index (χ3n) is 7.43. The number of anilines is 4. The molecule has 0 unspecified atom stereocenters. The minimum Gasteiger partial charge on any atom is -0.326 e. The van der Waals surface area contributed by atoms with Gasteiger partial charge in [0.25, 0.3) is 11.8 Å². The van der Waals surface area contributed by atoms with Gasteiger partial charge in [0.05, 0.1) is 0 Å². The minimum atomic E-state index is -0.230. The number of hydrogen-bond acceptors (Lipinski definition) is 4. The predicted octanol–water partition coefficient (Wildman–Crippen LogP) is 8.51. The van der Waals surface area contributed by atoms with Crippen LogP contribution in [0.3, 0.4) is 0 Å². The Kier molecular flexibility index (Phi) is 12.7. The summed E-state index contributed by atoms with van der Waals surface area (Å²) in [5, 5.41) is 11.6. The lowest BCUT2D eigenvalue weighted by molar-refractivity contribution is -0.117. The lowest BCUT2D eigenvalue weighted by Gasteiger charge is -2.09. The van der Waals surface area contributed by atoms with Crippen molar-refractivity contribution in [1.82, 2.24) is 0 Å². The smallest absolute Gasteiger partial charge is 0.255 e. The van der Waals surface area contributed by atoms with Crippen LogP contribution in [-0.2, 0) is 9.59 Å². The van der Waals surface area contributed by atoms with E-state index in [-0.39, 0.29) is 23.6 Å². The van der Waals surface area contributed by atoms with Crippen LogP contribution in [0.15, 0.2) is 97.1 Å². The summed E-state index contributed by atoms with van der Waals surface area (Å²) in [6.45, 7) is 3.93. The average Bonchev–Trinajstić information content (AvgIpc) is 3.02. The first kappa shape index (κ1) is 33.6. The van der Waals surface area contributed by atoms with Gasteiger partial charge in [-0.25, -0.2) is 0 Å². The van der Waals surface area contributed by atoms with Gasteiger partial charge >= 0.3 is 0 Å². The maximum Gasteiger partial charge on any atom is 0.255 e. The highest BCUT2D eigenvalue weighted by molar-refractivity contribution is 6.06. The molecule has 0 radical (unpaired) electrons. The molecule has 8 nitrogen and oxygen atoms in total. The lowest BCUT2D eigenvalue weighted by atomic mass is 10.1. The first-order chi connectivity index (χ1) is 22.2. The molecule has 0 aliphatic heterocycles. The van der Waals surface area contributed by atoms with Crippen molar-refractivity contribution in [2.45, 2.75) is 65.2 Å². The fourth-order valence-corrected chi connectivity index (χ4v) is 5.05. The van der Waals surface area contributed by atoms with Crippen molar-refractivity contribution in [2.24, 2.45) is 0 Å². The molecule has 0 aliphatic carbocycles. The number of rotatable bonds is 15. The van der Waals surface area contributed by atoms with Crippen molar-refractivity contribution in [3.8, 4) is 0 Å². The summed E-state index contributed by atoms with van der Waals surface area (Å²) in [5.74, 6) is -0.617. The van der Waals surface area contributed by atoms with Gasteiger partial charge in [0.2, 0.25) is 11.8 Å². The summed E-state index contributed by atoms with van der Waals surface area (Å²) < 4.78 is 0. The van der Waals surface area contributed by atoms with Crippen LogP contribution >= 0.6 is 0 Å². The number of hydrogen-bond donors (Lipinski definition) is 4. The molecular weight excluding hydrogens is 576 g/mol. The van der Waals surface area contributed by atoms with Gasteiger partial charge in [-0.3, -0.25) is 19.2 Å². The fourth-order valence-electron chi connectivity index (χ4n) is 5.05. The largest absolute Gasteiger partial charge is 0.326 e. The van der Waals surface area contributed by atoms with Gasteiger partial charge in [0.1, 0.15) is 0 Å². The van der Waals surface area contributed by atoms with Gasteiger partial charge in [-0.1, -0.05) is 62.1 Å². The number of nitrogens with one attached hydrogen (secondary N) is 4. The molecule has 8 heteroatoms. The Morgan fingerprint density at radius 3 is 1.17 bits per heavy atom. The average molecular weight is 619 g/mol. The molecule has 0 spiro atoms. The second-order valence-electron chi connectivity index (χ2n) is 11.5. The van der Waals surface area contributed by atoms with E-state index in [1.807, 2.05) is 62.4 Å². The van der Waals surface area contributed by atoms with Crippen LogP contribution < -0.4 is 21.3 Å². The van der Waals surface area contributed by atoms with Crippen LogP contribution in [0.1, 0.15) is 83.2 Å². The molecule has 4 aromatic rings. The maximum absolute atomic E-state index is 12.6. The van der Waals surface area contributed by atoms with E-state index in [9.17, 15) is 19.2 Å². The number of carbonyl (C=O) groups excluding carboxylic acids is 4. The monoisotopic (exact) mass is 618 g/mol. The Balaban J connectivity index is 1.07. The van der Waals surface area contributed by atoms with Gasteiger partial charge in [-0.05, 0) is 98.5 Å². The van der Waals surface area contributed by atoms with Crippen LogP contribution in [0.5, 0.6) is 0 Å². The molecule has 0 aromatic heterocycles. The second-order valence-corrected chi connectivity index (χ2v) is 11.5. The van der Waals surface area contributed by atoms with E-state index < -0.39 is 0 Å². The Bertz CT molecular complexity index is 1540. The molecular formula is C38H42N4O4. The van der Waals surface area contributed by atoms with E-state index in [0.29, 0.717) is 35.3 Å². The second kappa shape index (κ2) is 17.3. The van der Waals surface area contributed by atoms with Gasteiger partial charge in [0, 0.05) is 46.7 Å². The molecule has 4 N–H and O–H groups in total. The molecule has 0 fully saturated rings. The zero-order valence-corrected chi connectivity index (χ0v) is 26.5. The summed E-state index contributed by atoms with van der Waals surface area (Å²) in [6.07, 6.45) is 6.19. The number of benzene rings is 4. The quantitative estimate of drug-likeness (QED) is 0.1000. The van der Waals surface area contributed by atoms with E-state index in [1.54, 1.807) is 48.5 Å². The number of carbonyl (C=O) groups is 4. The molecule has 46 heavy (non-hydrogen) atoms. The van der Waals surface area contributed by atoms with Gasteiger partial charge in [-0.15, -0.1) is 0 Å². The summed E-state index contributed by atoms with van der Waals surface area (Å²) in [5.41, 5.74) is 5.71. The molecule has 4 amide bonds. The molecule has 0 saturated heterocycles. The first-order valence-electron chi connectivity index (χ1n) is 15.8. The van der Waals surface area contributed by atoms with E-state index >= 15 is 0 Å². The Labute approximate surface area is 271 Å². The molecule has 0 heterocycles. The van der Waals surface area contributed by atoms with E-state index in [2.05, 4.69) is 21.3 Å². The van der Waals surface area contributed by atoms with Crippen molar-refractivity contribution in [2.75, 3.05) is 21.3 Å². The topological polar surface area (TPSA) is 116 Å². The van der Waals surface area contributed by atoms with Crippen molar-refractivity contribution in [3.05, 3.63) is 119 Å². The standard InChI is InChI=1S/C38H42N4O4/c1-27-13-9-17-31(23-27)41-37(45)29-15-11-19-33(25-29)39-35(43)21-7-5-3-4-6-8-22-36(44)40-34-20-12-16-30(26-34)38(46)42-32-18-10-14-28(2)24-32/h9-20,23-26H,3-8,21-22H2,1-2H3,(H,39,43)(H,40,44)(H,41,45)(H,42,46). The van der Waals surface area contributed by atoms with Crippen LogP contribution in [0.4, 0.5) is 22.7 Å². The normalized spacial score (nSPS) is 10.6. The van der Waals surface area contributed by atoms with Gasteiger partial charge in [0.15, 0.2) is 0 Å². The van der Waals surface area contributed by atoms with Crippen LogP contribution in [0.25, 0.3) is 0 Å². The number of aryl methyl sites for hydroxylation is 2. The van der Waals surface area contributed by atoms with Gasteiger partial charge in [-0.2, -0.15) is 0 Å². The fraction of sp³-hybridized carbons (Fsp3) is 0.263. The van der Waals surface area contributed by atoms with Crippen molar-refractivity contribution in [1.29, 1.82) is 0 Å². The van der Waals surface area contributed by atoms with Gasteiger partial charge < -0.3 is 21.3 Å². The highest BCUT2D eigenvalue weighted by Crippen LogP contribution is 2.18. The van der Waals surface area contributed by atoms with Crippen LogP contribution in [0, 0.1) is 13.8 Å². The minimum absolute atomic E-state index is 0.0790. The van der Waals surface area contributed by atoms with E-state index in [0.717, 1.165) is 61.0 Å². The maximum atomic E-state index is 12.6. The molecule has 0 aliphatic rings. The summed E-state index contributed by atoms with van der Waals surface area (Å²) in [6, 6.07) is 29.1. The highest BCUT2D eigenvalue weighted by Gasteiger charge is 2.11. The van der Waals surface area contributed by atoms with Crippen molar-refractivity contribution >= 4 is 46.4 Å². The number of amides is 4. The number of unbranched alkanes of at least 4 members (excludes halogenated alkanes) is 5. The Hall–Kier alpha value is -5.24. The first-order valence-corrected chi connectivity index (χ1v) is 15.8. The Morgan fingerprint density at radius 1 is 0.435 bits per heavy atom. The molecule has 4 rings (SSSR count). The van der Waals surface area contributed by atoms with Crippen LogP contribution in [-0.4, -0.2) is 23.6 Å². The zero-order valence-electron chi connectivity index (χ0n) is 26.5. The SMILES string of the molecule is Cc1cccc(NC(=O)c2cccc(NC(=O)CCCCCCCCC(=O)Nc3cccc(C(=O)Nc4cccc(C)c4)c3)c2)c1. The van der Waals surface area contributed by atoms with E-state index in [4.69, 9.17) is 0 Å². The van der Waals surface area contributed by atoms with E-state index in [1.165, 1.54) is 0 Å². The highest BCUT2D eigenvalue weighted by atomic mass is 16.2.